The summed E-state index contributed by atoms with van der Waals surface area (Å²) in [6.45, 7) is 5.58. The molecule has 4 atom stereocenters. The van der Waals surface area contributed by atoms with Crippen molar-refractivity contribution in [1.29, 1.82) is 0 Å². The molecule has 0 aliphatic carbocycles. The van der Waals surface area contributed by atoms with Gasteiger partial charge in [-0.25, -0.2) is 9.59 Å². The summed E-state index contributed by atoms with van der Waals surface area (Å²) in [6, 6.07) is 8.66. The first-order chi connectivity index (χ1) is 16.7. The quantitative estimate of drug-likeness (QED) is 0.0937. The van der Waals surface area contributed by atoms with Crippen molar-refractivity contribution in [3.05, 3.63) is 35.9 Å². The summed E-state index contributed by atoms with van der Waals surface area (Å²) in [7, 11) is 3.96. The molecule has 1 aromatic carbocycles. The average molecular weight is 544 g/mol. The van der Waals surface area contributed by atoms with Crippen LogP contribution in [0, 0.1) is 5.92 Å². The van der Waals surface area contributed by atoms with Crippen LogP contribution in [0.25, 0.3) is 0 Å². The van der Waals surface area contributed by atoms with E-state index in [0.717, 1.165) is 19.3 Å². The Kier molecular flexibility index (Phi) is 13.2. The Labute approximate surface area is 222 Å². The Morgan fingerprint density at radius 2 is 1.86 bits per heavy atom. The van der Waals surface area contributed by atoms with Crippen molar-refractivity contribution in [2.24, 2.45) is 5.92 Å². The molecule has 0 saturated carbocycles. The lowest BCUT2D eigenvalue weighted by molar-refractivity contribution is -0.165. The largest absolute Gasteiger partial charge is 0.462 e. The van der Waals surface area contributed by atoms with Crippen molar-refractivity contribution in [1.82, 2.24) is 5.32 Å². The van der Waals surface area contributed by atoms with Crippen molar-refractivity contribution in [2.75, 3.05) is 12.4 Å². The van der Waals surface area contributed by atoms with E-state index < -0.39 is 23.7 Å². The predicted molar refractivity (Wildman–Crippen MR) is 145 cm³/mol. The number of carbonyl (C=O) groups excluding carboxylic acids is 3. The number of alkyl carbamates (subject to hydrolysis) is 1. The van der Waals surface area contributed by atoms with E-state index in [-0.39, 0.29) is 18.5 Å². The molecule has 1 N–H and O–H groups in total. The Balaban J connectivity index is 1.61. The molecule has 1 fully saturated rings. The fourth-order valence-electron chi connectivity index (χ4n) is 3.74. The molecular formula is C25H37NO6S3. The van der Waals surface area contributed by atoms with Gasteiger partial charge in [0.15, 0.2) is 0 Å². The average Bonchev–Trinajstić information content (AvgIpc) is 3.29. The first-order valence-corrected chi connectivity index (χ1v) is 15.0. The van der Waals surface area contributed by atoms with Crippen molar-refractivity contribution in [3.63, 3.8) is 0 Å². The number of thiol groups is 1. The van der Waals surface area contributed by atoms with Gasteiger partial charge in [0.05, 0.1) is 17.5 Å². The van der Waals surface area contributed by atoms with Crippen LogP contribution in [0.2, 0.25) is 0 Å². The number of unbranched alkanes of at least 4 members (excludes halogenated alkanes) is 1. The van der Waals surface area contributed by atoms with E-state index in [2.05, 4.69) is 24.9 Å². The van der Waals surface area contributed by atoms with E-state index in [1.807, 2.05) is 27.7 Å². The third kappa shape index (κ3) is 11.0. The number of ether oxygens (including phenoxy) is 3. The number of hydrogen-bond acceptors (Lipinski definition) is 9. The normalized spacial score (nSPS) is 19.9. The molecule has 10 heteroatoms. The highest BCUT2D eigenvalue weighted by Gasteiger charge is 2.34. The first kappa shape index (κ1) is 29.7. The highest BCUT2D eigenvalue weighted by atomic mass is 33.1. The summed E-state index contributed by atoms with van der Waals surface area (Å²) >= 11 is 4.35. The monoisotopic (exact) mass is 543 g/mol. The third-order valence-corrected chi connectivity index (χ3v) is 9.71. The minimum atomic E-state index is -1.01. The van der Waals surface area contributed by atoms with Crippen molar-refractivity contribution in [3.8, 4) is 0 Å². The van der Waals surface area contributed by atoms with E-state index in [4.69, 9.17) is 14.2 Å². The van der Waals surface area contributed by atoms with Crippen LogP contribution >= 0.6 is 34.2 Å². The van der Waals surface area contributed by atoms with Crippen LogP contribution in [0.1, 0.15) is 76.1 Å². The number of carbonyl (C=O) groups is 3. The molecule has 1 saturated heterocycles. The summed E-state index contributed by atoms with van der Waals surface area (Å²) in [5, 5.41) is 1.95. The first-order valence-electron chi connectivity index (χ1n) is 12.1. The molecule has 1 amide bonds. The van der Waals surface area contributed by atoms with Gasteiger partial charge < -0.3 is 19.5 Å². The van der Waals surface area contributed by atoms with Gasteiger partial charge in [-0.3, -0.25) is 4.79 Å². The summed E-state index contributed by atoms with van der Waals surface area (Å²) < 4.78 is 16.0. The molecule has 1 aromatic rings. The topological polar surface area (TPSA) is 90.9 Å². The SMILES string of the molecule is CCC[C@@]1(CCCCC(=O)OC(C)OC(=O)NC(S)C(C)COC(=O)c2ccccc2)CCSS1. The Bertz CT molecular complexity index is 804. The van der Waals surface area contributed by atoms with Gasteiger partial charge in [-0.1, -0.05) is 66.5 Å². The molecule has 1 aliphatic heterocycles. The lowest BCUT2D eigenvalue weighted by atomic mass is 9.93. The smallest absolute Gasteiger partial charge is 0.411 e. The second-order valence-electron chi connectivity index (χ2n) is 8.79. The van der Waals surface area contributed by atoms with Gasteiger partial charge >= 0.3 is 18.0 Å². The van der Waals surface area contributed by atoms with E-state index in [1.165, 1.54) is 31.9 Å². The van der Waals surface area contributed by atoms with E-state index in [1.54, 1.807) is 31.2 Å². The van der Waals surface area contributed by atoms with Crippen LogP contribution in [0.3, 0.4) is 0 Å². The molecular weight excluding hydrogens is 506 g/mol. The van der Waals surface area contributed by atoms with Gasteiger partial charge in [0.25, 0.3) is 0 Å². The number of rotatable bonds is 14. The predicted octanol–water partition coefficient (Wildman–Crippen LogP) is 6.24. The zero-order chi connectivity index (χ0) is 25.7. The zero-order valence-corrected chi connectivity index (χ0v) is 23.2. The number of hydrogen-bond donors (Lipinski definition) is 2. The maximum absolute atomic E-state index is 12.1. The minimum Gasteiger partial charge on any atom is -0.462 e. The van der Waals surface area contributed by atoms with Crippen LogP contribution in [0.4, 0.5) is 4.79 Å². The molecule has 1 heterocycles. The summed E-state index contributed by atoms with van der Waals surface area (Å²) in [6.07, 6.45) is 5.01. The van der Waals surface area contributed by atoms with E-state index in [0.29, 0.717) is 16.7 Å². The third-order valence-electron chi connectivity index (χ3n) is 5.71. The van der Waals surface area contributed by atoms with Gasteiger partial charge in [-0.15, -0.1) is 0 Å². The van der Waals surface area contributed by atoms with E-state index in [9.17, 15) is 14.4 Å². The number of nitrogens with one attached hydrogen (secondary N) is 1. The summed E-state index contributed by atoms with van der Waals surface area (Å²) in [5.41, 5.74) is 0.454. The van der Waals surface area contributed by atoms with Crippen molar-refractivity contribution >= 4 is 52.2 Å². The second kappa shape index (κ2) is 15.6. The Hall–Kier alpha value is -1.52. The maximum atomic E-state index is 12.1. The standard InChI is InChI=1S/C25H37NO6S3/c1-4-13-25(15-16-34-35-25)14-9-8-12-21(27)31-19(3)32-24(29)26-22(33)18(2)17-30-23(28)20-10-6-5-7-11-20/h5-7,10-11,18-19,22,33H,4,8-9,12-17H2,1-3H3,(H,26,29)/t18?,19?,22?,25-/m1/s1. The maximum Gasteiger partial charge on any atom is 0.411 e. The molecule has 7 nitrogen and oxygen atoms in total. The fourth-order valence-corrected chi connectivity index (χ4v) is 7.57. The number of amides is 1. The highest BCUT2D eigenvalue weighted by Crippen LogP contribution is 2.52. The Morgan fingerprint density at radius 3 is 2.51 bits per heavy atom. The second-order valence-corrected chi connectivity index (χ2v) is 12.2. The fraction of sp³-hybridized carbons (Fsp3) is 0.640. The molecule has 196 valence electrons. The van der Waals surface area contributed by atoms with Crippen LogP contribution in [0.15, 0.2) is 30.3 Å². The highest BCUT2D eigenvalue weighted by molar-refractivity contribution is 8.77. The summed E-state index contributed by atoms with van der Waals surface area (Å²) in [4.78, 5) is 36.3. The van der Waals surface area contributed by atoms with Gasteiger partial charge in [0.2, 0.25) is 6.29 Å². The van der Waals surface area contributed by atoms with Gasteiger partial charge in [0.1, 0.15) is 0 Å². The molecule has 3 unspecified atom stereocenters. The van der Waals surface area contributed by atoms with Crippen LogP contribution in [0.5, 0.6) is 0 Å². The van der Waals surface area contributed by atoms with Crippen LogP contribution in [-0.4, -0.2) is 46.8 Å². The van der Waals surface area contributed by atoms with Crippen LogP contribution in [-0.2, 0) is 19.0 Å². The summed E-state index contributed by atoms with van der Waals surface area (Å²) in [5.74, 6) is 0.104. The molecule has 0 bridgehead atoms. The van der Waals surface area contributed by atoms with E-state index >= 15 is 0 Å². The molecule has 0 aromatic heterocycles. The van der Waals surface area contributed by atoms with Gasteiger partial charge in [0, 0.05) is 29.8 Å². The van der Waals surface area contributed by atoms with Crippen molar-refractivity contribution < 1.29 is 28.6 Å². The van der Waals surface area contributed by atoms with Gasteiger partial charge in [-0.05, 0) is 37.8 Å². The minimum absolute atomic E-state index is 0.0729. The molecule has 0 radical (unpaired) electrons. The Morgan fingerprint density at radius 1 is 1.11 bits per heavy atom. The lowest BCUT2D eigenvalue weighted by Gasteiger charge is -2.26. The molecule has 0 spiro atoms. The zero-order valence-electron chi connectivity index (χ0n) is 20.7. The lowest BCUT2D eigenvalue weighted by Crippen LogP contribution is -2.39. The number of esters is 2. The van der Waals surface area contributed by atoms with Gasteiger partial charge in [-0.2, -0.15) is 12.6 Å². The van der Waals surface area contributed by atoms with Crippen molar-refractivity contribution in [2.45, 2.75) is 82.1 Å². The number of benzene rings is 1. The molecule has 35 heavy (non-hydrogen) atoms. The molecule has 2 rings (SSSR count). The molecule has 1 aliphatic rings. The van der Waals surface area contributed by atoms with Crippen LogP contribution < -0.4 is 5.32 Å².